The van der Waals surface area contributed by atoms with Gasteiger partial charge in [0.25, 0.3) is 0 Å². The number of ether oxygens (including phenoxy) is 8. The van der Waals surface area contributed by atoms with Gasteiger partial charge in [0.1, 0.15) is 34.4 Å². The van der Waals surface area contributed by atoms with E-state index in [4.69, 9.17) is 42.3 Å². The van der Waals surface area contributed by atoms with Crippen LogP contribution in [0.1, 0.15) is 58.2 Å². The van der Waals surface area contributed by atoms with Crippen molar-refractivity contribution in [3.63, 3.8) is 0 Å². The van der Waals surface area contributed by atoms with E-state index in [1.54, 1.807) is 72.9 Å². The molecule has 7 aromatic rings. The SMILES string of the molecule is COc1cc2c(cc1OC)-c1c(-c3ccc(OC(=O)C(Cc4ccccc4)NC(=O)OC(C)(C)C)c(OC)c3)c3c4cc(OC)c(OC(=O)C(Cc5ccccc5)NC(=O)OC(C)(C)C)cc4oc(=O)c3n1CC2. The van der Waals surface area contributed by atoms with Gasteiger partial charge in [-0.1, -0.05) is 66.7 Å². The van der Waals surface area contributed by atoms with E-state index in [1.165, 1.54) is 27.4 Å². The molecule has 2 atom stereocenters. The van der Waals surface area contributed by atoms with Gasteiger partial charge in [-0.25, -0.2) is 24.0 Å². The number of esters is 2. The van der Waals surface area contributed by atoms with Crippen molar-refractivity contribution in [2.24, 2.45) is 0 Å². The van der Waals surface area contributed by atoms with Gasteiger partial charge in [0, 0.05) is 47.4 Å². The summed E-state index contributed by atoms with van der Waals surface area (Å²) in [5.74, 6) is -0.370. The third kappa shape index (κ3) is 11.4. The van der Waals surface area contributed by atoms with Crippen LogP contribution in [0, 0.1) is 0 Å². The zero-order chi connectivity index (χ0) is 53.1. The zero-order valence-electron chi connectivity index (χ0n) is 43.0. The van der Waals surface area contributed by atoms with Gasteiger partial charge >= 0.3 is 29.8 Å². The van der Waals surface area contributed by atoms with Crippen LogP contribution in [0.4, 0.5) is 9.59 Å². The number of benzene rings is 5. The highest BCUT2D eigenvalue weighted by Crippen LogP contribution is 2.50. The van der Waals surface area contributed by atoms with Gasteiger partial charge < -0.3 is 57.5 Å². The molecule has 5 aromatic carbocycles. The van der Waals surface area contributed by atoms with Gasteiger partial charge in [-0.3, -0.25) is 0 Å². The summed E-state index contributed by atoms with van der Waals surface area (Å²) in [6.07, 6.45) is -0.919. The Hall–Kier alpha value is -8.47. The van der Waals surface area contributed by atoms with Gasteiger partial charge in [0.2, 0.25) is 0 Å². The Kier molecular flexibility index (Phi) is 14.9. The number of aryl methyl sites for hydroxylation is 2. The number of methoxy groups -OCH3 is 4. The molecular weight excluding hydrogens is 951 g/mol. The van der Waals surface area contributed by atoms with E-state index >= 15 is 0 Å². The maximum atomic E-state index is 14.6. The summed E-state index contributed by atoms with van der Waals surface area (Å²) in [6.45, 7) is 10.7. The van der Waals surface area contributed by atoms with Crippen LogP contribution in [0.3, 0.4) is 0 Å². The minimum absolute atomic E-state index is 0.0544. The van der Waals surface area contributed by atoms with Gasteiger partial charge in [0.05, 0.1) is 34.1 Å². The second-order valence-electron chi connectivity index (χ2n) is 19.6. The van der Waals surface area contributed by atoms with Crippen molar-refractivity contribution in [2.45, 2.75) is 90.6 Å². The van der Waals surface area contributed by atoms with E-state index in [0.29, 0.717) is 52.1 Å². The summed E-state index contributed by atoms with van der Waals surface area (Å²) in [5.41, 5.74) is 2.90. The molecule has 17 heteroatoms. The number of aromatic nitrogens is 1. The van der Waals surface area contributed by atoms with Crippen molar-refractivity contribution < 1.29 is 61.5 Å². The van der Waals surface area contributed by atoms with Crippen LogP contribution in [0.2, 0.25) is 0 Å². The van der Waals surface area contributed by atoms with Crippen LogP contribution in [0.25, 0.3) is 44.3 Å². The Morgan fingerprint density at radius 2 is 1.11 bits per heavy atom. The quantitative estimate of drug-likeness (QED) is 0.0558. The lowest BCUT2D eigenvalue weighted by molar-refractivity contribution is -0.137. The van der Waals surface area contributed by atoms with E-state index in [1.807, 2.05) is 77.4 Å². The second kappa shape index (κ2) is 21.3. The minimum Gasteiger partial charge on any atom is -0.493 e. The molecular formula is C57H59N3O14. The van der Waals surface area contributed by atoms with Crippen molar-refractivity contribution in [2.75, 3.05) is 28.4 Å². The van der Waals surface area contributed by atoms with Crippen molar-refractivity contribution >= 4 is 46.0 Å². The van der Waals surface area contributed by atoms with Crippen LogP contribution in [0.15, 0.2) is 112 Å². The third-order valence-electron chi connectivity index (χ3n) is 12.1. The molecule has 1 aliphatic heterocycles. The van der Waals surface area contributed by atoms with Crippen molar-refractivity contribution in [1.82, 2.24) is 15.2 Å². The topological polar surface area (TPSA) is 201 Å². The molecule has 74 heavy (non-hydrogen) atoms. The molecule has 17 nitrogen and oxygen atoms in total. The lowest BCUT2D eigenvalue weighted by Gasteiger charge is -2.24. The molecule has 386 valence electrons. The number of fused-ring (bicyclic) bond motifs is 7. The number of alkyl carbamates (subject to hydrolysis) is 2. The van der Waals surface area contributed by atoms with Crippen LogP contribution in [-0.2, 0) is 44.9 Å². The first-order chi connectivity index (χ1) is 35.3. The smallest absolute Gasteiger partial charge is 0.408 e. The highest BCUT2D eigenvalue weighted by atomic mass is 16.6. The average molecular weight is 1010 g/mol. The Morgan fingerprint density at radius 1 is 0.608 bits per heavy atom. The molecule has 2 N–H and O–H groups in total. The van der Waals surface area contributed by atoms with Gasteiger partial charge in [-0.2, -0.15) is 0 Å². The Morgan fingerprint density at radius 3 is 1.64 bits per heavy atom. The number of carbonyl (C=O) groups excluding carboxylic acids is 4. The summed E-state index contributed by atoms with van der Waals surface area (Å²) in [4.78, 5) is 68.9. The molecule has 0 fully saturated rings. The molecule has 0 saturated heterocycles. The van der Waals surface area contributed by atoms with E-state index in [-0.39, 0.29) is 46.9 Å². The van der Waals surface area contributed by atoms with Crippen molar-refractivity contribution in [3.05, 3.63) is 130 Å². The van der Waals surface area contributed by atoms with Crippen molar-refractivity contribution in [3.8, 4) is 56.9 Å². The summed E-state index contributed by atoms with van der Waals surface area (Å²) in [6, 6.07) is 27.7. The lowest BCUT2D eigenvalue weighted by Crippen LogP contribution is -2.46. The number of carbonyl (C=O) groups is 4. The Bertz CT molecular complexity index is 3310. The summed E-state index contributed by atoms with van der Waals surface area (Å²) in [7, 11) is 5.94. The van der Waals surface area contributed by atoms with E-state index in [2.05, 4.69) is 10.6 Å². The maximum Gasteiger partial charge on any atom is 0.408 e. The van der Waals surface area contributed by atoms with Gasteiger partial charge in [-0.05, 0) is 101 Å². The fourth-order valence-corrected chi connectivity index (χ4v) is 8.92. The monoisotopic (exact) mass is 1010 g/mol. The van der Waals surface area contributed by atoms with Crippen LogP contribution >= 0.6 is 0 Å². The molecule has 0 radical (unpaired) electrons. The fourth-order valence-electron chi connectivity index (χ4n) is 8.92. The first-order valence-electron chi connectivity index (χ1n) is 23.9. The minimum atomic E-state index is -1.20. The van der Waals surface area contributed by atoms with Crippen LogP contribution < -0.4 is 44.7 Å². The number of amides is 2. The van der Waals surface area contributed by atoms with Crippen LogP contribution in [-0.4, -0.2) is 80.4 Å². The summed E-state index contributed by atoms with van der Waals surface area (Å²) in [5, 5.41) is 6.22. The zero-order valence-corrected chi connectivity index (χ0v) is 43.0. The first-order valence-corrected chi connectivity index (χ1v) is 23.9. The third-order valence-corrected chi connectivity index (χ3v) is 12.1. The van der Waals surface area contributed by atoms with Crippen LogP contribution in [0.5, 0.6) is 34.5 Å². The Labute approximate surface area is 427 Å². The molecule has 8 rings (SSSR count). The lowest BCUT2D eigenvalue weighted by atomic mass is 9.91. The average Bonchev–Trinajstić information content (AvgIpc) is 3.71. The normalized spacial score (nSPS) is 12.9. The molecule has 0 aliphatic carbocycles. The standard InChI is InChI=1S/C57H59N3O14/c1-56(2,3)73-54(64)58-38(25-32-17-13-11-14-18-32)51(61)70-40-22-21-35(28-42(40)66-7)47-48-37-30-45(69-10)46(72-52(62)39(26-33-19-15-12-16-20-33)59-55(65)74-57(4,5)6)31-41(37)71-53(63)50(48)60-24-23-34-27-43(67-8)44(68-9)29-36(34)49(47)60/h11-22,27-31,38-39H,23-26H2,1-10H3,(H,58,64)(H,59,65). The first kappa shape index (κ1) is 51.9. The molecule has 2 amide bonds. The van der Waals surface area contributed by atoms with E-state index < -0.39 is 53.0 Å². The Balaban J connectivity index is 1.26. The maximum absolute atomic E-state index is 14.6. The molecule has 0 spiro atoms. The number of nitrogens with zero attached hydrogens (tertiary/aromatic N) is 1. The number of rotatable bonds is 15. The number of hydrogen-bond donors (Lipinski definition) is 2. The van der Waals surface area contributed by atoms with Gasteiger partial charge in [0.15, 0.2) is 34.5 Å². The molecule has 3 heterocycles. The summed E-state index contributed by atoms with van der Waals surface area (Å²) >= 11 is 0. The van der Waals surface area contributed by atoms with E-state index in [9.17, 15) is 24.0 Å². The van der Waals surface area contributed by atoms with Gasteiger partial charge in [-0.15, -0.1) is 0 Å². The molecule has 2 unspecified atom stereocenters. The second-order valence-corrected chi connectivity index (χ2v) is 19.6. The predicted molar refractivity (Wildman–Crippen MR) is 277 cm³/mol. The number of nitrogens with one attached hydrogen (secondary N) is 2. The molecule has 0 saturated carbocycles. The fraction of sp³-hybridized carbons (Fsp3) is 0.316. The van der Waals surface area contributed by atoms with E-state index in [0.717, 1.165) is 22.3 Å². The highest BCUT2D eigenvalue weighted by Gasteiger charge is 2.34. The molecule has 2 aromatic heterocycles. The predicted octanol–water partition coefficient (Wildman–Crippen LogP) is 9.75. The van der Waals surface area contributed by atoms with Crippen molar-refractivity contribution in [1.29, 1.82) is 0 Å². The molecule has 1 aliphatic rings. The summed E-state index contributed by atoms with van der Waals surface area (Å²) < 4.78 is 54.3. The highest BCUT2D eigenvalue weighted by molar-refractivity contribution is 6.17. The number of hydrogen-bond acceptors (Lipinski definition) is 14. The molecule has 0 bridgehead atoms. The largest absolute Gasteiger partial charge is 0.493 e.